The summed E-state index contributed by atoms with van der Waals surface area (Å²) in [6, 6.07) is 3.72. The molecule has 0 bridgehead atoms. The molecule has 1 rings (SSSR count). The first-order valence-electron chi connectivity index (χ1n) is 7.27. The van der Waals surface area contributed by atoms with Crippen molar-refractivity contribution in [1.82, 2.24) is 5.32 Å². The van der Waals surface area contributed by atoms with E-state index in [1.807, 2.05) is 13.8 Å². The van der Waals surface area contributed by atoms with E-state index >= 15 is 0 Å². The second-order valence-corrected chi connectivity index (χ2v) is 6.87. The second kappa shape index (κ2) is 7.75. The first-order chi connectivity index (χ1) is 10.5. The molecule has 1 atom stereocenters. The maximum Gasteiger partial charge on any atom is 0.313 e. The van der Waals surface area contributed by atoms with Gasteiger partial charge < -0.3 is 15.7 Å². The average molecular weight is 345 g/mol. The van der Waals surface area contributed by atoms with Gasteiger partial charge in [0, 0.05) is 17.0 Å². The van der Waals surface area contributed by atoms with Crippen LogP contribution in [0.2, 0.25) is 5.02 Å². The molecule has 0 heterocycles. The van der Waals surface area contributed by atoms with Crippen LogP contribution in [0.3, 0.4) is 0 Å². The second-order valence-electron chi connectivity index (χ2n) is 6.44. The number of halogens is 2. The summed E-state index contributed by atoms with van der Waals surface area (Å²) in [6.07, 6.45) is -0.639. The summed E-state index contributed by atoms with van der Waals surface area (Å²) < 4.78 is 13.6. The van der Waals surface area contributed by atoms with Gasteiger partial charge in [0.2, 0.25) is 0 Å². The molecule has 0 saturated heterocycles. The van der Waals surface area contributed by atoms with Crippen molar-refractivity contribution in [2.24, 2.45) is 11.3 Å². The summed E-state index contributed by atoms with van der Waals surface area (Å²) in [4.78, 5) is 23.6. The quantitative estimate of drug-likeness (QED) is 0.718. The summed E-state index contributed by atoms with van der Waals surface area (Å²) in [5.74, 6) is -2.60. The Morgan fingerprint density at radius 2 is 1.91 bits per heavy atom. The zero-order chi connectivity index (χ0) is 17.8. The molecule has 0 aliphatic carbocycles. The Morgan fingerprint density at radius 3 is 2.43 bits per heavy atom. The van der Waals surface area contributed by atoms with Gasteiger partial charge in [-0.05, 0) is 24.1 Å². The van der Waals surface area contributed by atoms with Crippen LogP contribution in [0.15, 0.2) is 18.2 Å². The lowest BCUT2D eigenvalue weighted by Gasteiger charge is -2.33. The fourth-order valence-corrected chi connectivity index (χ4v) is 2.32. The molecule has 2 amide bonds. The lowest BCUT2D eigenvalue weighted by Crippen LogP contribution is -2.46. The molecule has 23 heavy (non-hydrogen) atoms. The van der Waals surface area contributed by atoms with Crippen LogP contribution in [-0.4, -0.2) is 29.6 Å². The minimum absolute atomic E-state index is 0.0129. The molecule has 0 aliphatic heterocycles. The van der Waals surface area contributed by atoms with Crippen LogP contribution < -0.4 is 10.6 Å². The SMILES string of the molecule is CC(C)C(O)C(C)(C)CNC(=O)C(=O)Nc1ccc(Cl)cc1F. The number of anilines is 1. The van der Waals surface area contributed by atoms with Crippen molar-refractivity contribution in [2.75, 3.05) is 11.9 Å². The zero-order valence-corrected chi connectivity index (χ0v) is 14.4. The van der Waals surface area contributed by atoms with Gasteiger partial charge in [-0.15, -0.1) is 0 Å². The number of aliphatic hydroxyl groups excluding tert-OH is 1. The maximum atomic E-state index is 13.6. The molecule has 0 radical (unpaired) electrons. The Balaban J connectivity index is 2.62. The summed E-state index contributed by atoms with van der Waals surface area (Å²) >= 11 is 5.62. The minimum Gasteiger partial charge on any atom is -0.392 e. The van der Waals surface area contributed by atoms with Crippen molar-refractivity contribution < 1.29 is 19.1 Å². The molecule has 5 nitrogen and oxygen atoms in total. The molecule has 1 aromatic carbocycles. The molecule has 0 spiro atoms. The van der Waals surface area contributed by atoms with Crippen molar-refractivity contribution >= 4 is 29.1 Å². The third-order valence-electron chi connectivity index (χ3n) is 3.52. The summed E-state index contributed by atoms with van der Waals surface area (Å²) in [6.45, 7) is 7.42. The third-order valence-corrected chi connectivity index (χ3v) is 3.76. The van der Waals surface area contributed by atoms with E-state index in [0.717, 1.165) is 6.07 Å². The number of amides is 2. The van der Waals surface area contributed by atoms with Gasteiger partial charge in [-0.3, -0.25) is 9.59 Å². The van der Waals surface area contributed by atoms with E-state index in [1.165, 1.54) is 12.1 Å². The summed E-state index contributed by atoms with van der Waals surface area (Å²) in [7, 11) is 0. The largest absolute Gasteiger partial charge is 0.392 e. The Morgan fingerprint density at radius 1 is 1.30 bits per heavy atom. The highest BCUT2D eigenvalue weighted by Crippen LogP contribution is 2.25. The number of carbonyl (C=O) groups excluding carboxylic acids is 2. The number of aliphatic hydroxyl groups is 1. The molecule has 1 unspecified atom stereocenters. The smallest absolute Gasteiger partial charge is 0.313 e. The Labute approximate surface area is 140 Å². The first-order valence-corrected chi connectivity index (χ1v) is 7.64. The highest BCUT2D eigenvalue weighted by Gasteiger charge is 2.31. The van der Waals surface area contributed by atoms with Crippen LogP contribution in [-0.2, 0) is 9.59 Å². The van der Waals surface area contributed by atoms with E-state index in [-0.39, 0.29) is 23.2 Å². The fraction of sp³-hybridized carbons (Fsp3) is 0.500. The first kappa shape index (κ1) is 19.4. The fourth-order valence-electron chi connectivity index (χ4n) is 2.17. The van der Waals surface area contributed by atoms with E-state index in [2.05, 4.69) is 10.6 Å². The van der Waals surface area contributed by atoms with Gasteiger partial charge in [0.25, 0.3) is 0 Å². The van der Waals surface area contributed by atoms with Crippen LogP contribution in [0.1, 0.15) is 27.7 Å². The highest BCUT2D eigenvalue weighted by atomic mass is 35.5. The average Bonchev–Trinajstić information content (AvgIpc) is 2.46. The molecule has 3 N–H and O–H groups in total. The van der Waals surface area contributed by atoms with Gasteiger partial charge in [0.05, 0.1) is 11.8 Å². The van der Waals surface area contributed by atoms with Crippen LogP contribution in [0.5, 0.6) is 0 Å². The third kappa shape index (κ3) is 5.48. The van der Waals surface area contributed by atoms with Crippen LogP contribution in [0.25, 0.3) is 0 Å². The number of carbonyl (C=O) groups is 2. The normalized spacial score (nSPS) is 12.9. The molecule has 1 aromatic rings. The highest BCUT2D eigenvalue weighted by molar-refractivity contribution is 6.39. The van der Waals surface area contributed by atoms with E-state index in [9.17, 15) is 19.1 Å². The van der Waals surface area contributed by atoms with Gasteiger partial charge in [0.1, 0.15) is 5.82 Å². The number of hydrogen-bond donors (Lipinski definition) is 3. The van der Waals surface area contributed by atoms with Gasteiger partial charge >= 0.3 is 11.8 Å². The van der Waals surface area contributed by atoms with Crippen molar-refractivity contribution in [1.29, 1.82) is 0 Å². The number of rotatable bonds is 5. The molecule has 128 valence electrons. The Hall–Kier alpha value is -1.66. The topological polar surface area (TPSA) is 78.4 Å². The Bertz CT molecular complexity index is 591. The van der Waals surface area contributed by atoms with E-state index in [1.54, 1.807) is 13.8 Å². The number of benzene rings is 1. The summed E-state index contributed by atoms with van der Waals surface area (Å²) in [5, 5.41) is 14.9. The molecule has 0 fully saturated rings. The van der Waals surface area contributed by atoms with E-state index in [0.29, 0.717) is 0 Å². The molecule has 7 heteroatoms. The molecule has 0 aliphatic rings. The van der Waals surface area contributed by atoms with E-state index in [4.69, 9.17) is 11.6 Å². The van der Waals surface area contributed by atoms with Crippen molar-refractivity contribution in [3.8, 4) is 0 Å². The number of nitrogens with one attached hydrogen (secondary N) is 2. The zero-order valence-electron chi connectivity index (χ0n) is 13.6. The molecule has 0 saturated carbocycles. The minimum atomic E-state index is -0.985. The van der Waals surface area contributed by atoms with Gasteiger partial charge in [-0.2, -0.15) is 0 Å². The van der Waals surface area contributed by atoms with Crippen LogP contribution in [0.4, 0.5) is 10.1 Å². The monoisotopic (exact) mass is 344 g/mol. The van der Waals surface area contributed by atoms with Crippen molar-refractivity contribution in [3.63, 3.8) is 0 Å². The Kier molecular flexibility index (Phi) is 6.53. The number of hydrogen-bond acceptors (Lipinski definition) is 3. The lowest BCUT2D eigenvalue weighted by atomic mass is 9.81. The summed E-state index contributed by atoms with van der Waals surface area (Å²) in [5.41, 5.74) is -0.730. The molecule has 0 aromatic heterocycles. The van der Waals surface area contributed by atoms with Crippen LogP contribution >= 0.6 is 11.6 Å². The molecular formula is C16H22ClFN2O3. The van der Waals surface area contributed by atoms with Crippen LogP contribution in [0, 0.1) is 17.2 Å². The predicted octanol–water partition coefficient (Wildman–Crippen LogP) is 2.58. The van der Waals surface area contributed by atoms with Crippen molar-refractivity contribution in [2.45, 2.75) is 33.8 Å². The predicted molar refractivity (Wildman–Crippen MR) is 87.7 cm³/mol. The van der Waals surface area contributed by atoms with E-state index < -0.39 is 29.2 Å². The maximum absolute atomic E-state index is 13.6. The molecular weight excluding hydrogens is 323 g/mol. The van der Waals surface area contributed by atoms with Gasteiger partial charge in [-0.25, -0.2) is 4.39 Å². The van der Waals surface area contributed by atoms with Crippen molar-refractivity contribution in [3.05, 3.63) is 29.0 Å². The standard InChI is InChI=1S/C16H22ClFN2O3/c1-9(2)13(21)16(3,4)8-19-14(22)15(23)20-12-6-5-10(17)7-11(12)18/h5-7,9,13,21H,8H2,1-4H3,(H,19,22)(H,20,23). The van der Waals surface area contributed by atoms with Gasteiger partial charge in [-0.1, -0.05) is 39.3 Å². The van der Waals surface area contributed by atoms with Gasteiger partial charge in [0.15, 0.2) is 0 Å². The lowest BCUT2D eigenvalue weighted by molar-refractivity contribution is -0.136.